The Hall–Kier alpha value is -1.96. The van der Waals surface area contributed by atoms with Crippen LogP contribution in [0.5, 0.6) is 0 Å². The van der Waals surface area contributed by atoms with Crippen LogP contribution >= 0.6 is 0 Å². The normalized spacial score (nSPS) is 29.4. The number of aromatic nitrogens is 3. The zero-order valence-electron chi connectivity index (χ0n) is 15.3. The van der Waals surface area contributed by atoms with Crippen LogP contribution in [-0.2, 0) is 22.7 Å². The SMILES string of the molecule is CCn1cnnc1CN1C[C@@H]2CN(C(=O)C3CCCC3)C[C@]2(C(=O)O)C1. The van der Waals surface area contributed by atoms with Crippen molar-refractivity contribution < 1.29 is 14.7 Å². The number of amides is 1. The molecule has 1 aromatic rings. The quantitative estimate of drug-likeness (QED) is 0.835. The summed E-state index contributed by atoms with van der Waals surface area (Å²) in [5, 5.41) is 18.1. The number of aryl methyl sites for hydroxylation is 1. The first kappa shape index (κ1) is 17.5. The first-order valence-electron chi connectivity index (χ1n) is 9.64. The van der Waals surface area contributed by atoms with E-state index in [9.17, 15) is 14.7 Å². The maximum absolute atomic E-state index is 12.8. The second-order valence-corrected chi connectivity index (χ2v) is 8.06. The number of fused-ring (bicyclic) bond motifs is 1. The van der Waals surface area contributed by atoms with Crippen LogP contribution in [0.1, 0.15) is 38.4 Å². The highest BCUT2D eigenvalue weighted by atomic mass is 16.4. The third-order valence-corrected chi connectivity index (χ3v) is 6.52. The van der Waals surface area contributed by atoms with E-state index in [-0.39, 0.29) is 17.7 Å². The molecule has 8 nitrogen and oxygen atoms in total. The second kappa shape index (κ2) is 6.64. The van der Waals surface area contributed by atoms with Crippen molar-refractivity contribution in [1.82, 2.24) is 24.6 Å². The van der Waals surface area contributed by atoms with E-state index < -0.39 is 11.4 Å². The minimum Gasteiger partial charge on any atom is -0.481 e. The minimum atomic E-state index is -0.842. The average Bonchev–Trinajstić information content (AvgIpc) is 3.37. The highest BCUT2D eigenvalue weighted by molar-refractivity contribution is 5.83. The third-order valence-electron chi connectivity index (χ3n) is 6.52. The number of carboxylic acids is 1. The number of carbonyl (C=O) groups is 2. The molecule has 2 aliphatic heterocycles. The van der Waals surface area contributed by atoms with Gasteiger partial charge in [-0.05, 0) is 19.8 Å². The Bertz CT molecular complexity index is 699. The number of aliphatic carboxylic acids is 1. The molecule has 0 aromatic carbocycles. The molecule has 1 aliphatic carbocycles. The van der Waals surface area contributed by atoms with Gasteiger partial charge in [0.15, 0.2) is 0 Å². The largest absolute Gasteiger partial charge is 0.481 e. The van der Waals surface area contributed by atoms with Crippen LogP contribution in [0, 0.1) is 17.3 Å². The Kier molecular flexibility index (Phi) is 4.46. The van der Waals surface area contributed by atoms with Crippen LogP contribution in [0.25, 0.3) is 0 Å². The summed E-state index contributed by atoms with van der Waals surface area (Å²) in [6.45, 7) is 5.52. The van der Waals surface area contributed by atoms with Gasteiger partial charge in [-0.2, -0.15) is 0 Å². The maximum Gasteiger partial charge on any atom is 0.313 e. The molecule has 0 spiro atoms. The van der Waals surface area contributed by atoms with Crippen LogP contribution in [0.15, 0.2) is 6.33 Å². The molecule has 1 saturated carbocycles. The number of carbonyl (C=O) groups excluding carboxylic acids is 1. The highest BCUT2D eigenvalue weighted by Gasteiger charge is 2.58. The number of nitrogens with zero attached hydrogens (tertiary/aromatic N) is 5. The molecular formula is C18H27N5O3. The lowest BCUT2D eigenvalue weighted by atomic mass is 9.81. The summed E-state index contributed by atoms with van der Waals surface area (Å²) in [6, 6.07) is 0. The van der Waals surface area contributed by atoms with Gasteiger partial charge in [0.05, 0.1) is 6.54 Å². The number of likely N-dealkylation sites (tertiary alicyclic amines) is 2. The summed E-state index contributed by atoms with van der Waals surface area (Å²) in [6.07, 6.45) is 5.85. The van der Waals surface area contributed by atoms with Gasteiger partial charge in [-0.15, -0.1) is 10.2 Å². The summed E-state index contributed by atoms with van der Waals surface area (Å²) in [7, 11) is 0. The Balaban J connectivity index is 1.46. The van der Waals surface area contributed by atoms with Crippen molar-refractivity contribution in [2.24, 2.45) is 17.3 Å². The molecule has 1 aromatic heterocycles. The van der Waals surface area contributed by atoms with Crippen molar-refractivity contribution in [3.63, 3.8) is 0 Å². The van der Waals surface area contributed by atoms with Gasteiger partial charge in [0.25, 0.3) is 0 Å². The van der Waals surface area contributed by atoms with Gasteiger partial charge in [-0.3, -0.25) is 14.5 Å². The van der Waals surface area contributed by atoms with E-state index in [4.69, 9.17) is 0 Å². The van der Waals surface area contributed by atoms with E-state index in [2.05, 4.69) is 15.1 Å². The number of hydrogen-bond donors (Lipinski definition) is 1. The standard InChI is InChI=1S/C18H27N5O3/c1-2-22-12-19-20-15(22)9-21-7-14-8-23(11-18(14,10-21)17(25)26)16(24)13-5-3-4-6-13/h12-14H,2-11H2,1H3,(H,25,26)/t14-,18-/m1/s1. The predicted molar refractivity (Wildman–Crippen MR) is 93.1 cm³/mol. The lowest BCUT2D eigenvalue weighted by molar-refractivity contribution is -0.149. The fourth-order valence-electron chi connectivity index (χ4n) is 5.06. The number of rotatable bonds is 5. The summed E-state index contributed by atoms with van der Waals surface area (Å²) in [4.78, 5) is 28.9. The van der Waals surface area contributed by atoms with Crippen molar-refractivity contribution in [3.8, 4) is 0 Å². The summed E-state index contributed by atoms with van der Waals surface area (Å²) >= 11 is 0. The van der Waals surface area contributed by atoms with E-state index in [1.54, 1.807) is 6.33 Å². The van der Waals surface area contributed by atoms with E-state index >= 15 is 0 Å². The minimum absolute atomic E-state index is 0.0108. The van der Waals surface area contributed by atoms with E-state index in [0.717, 1.165) is 38.1 Å². The lowest BCUT2D eigenvalue weighted by Crippen LogP contribution is -2.43. The first-order valence-corrected chi connectivity index (χ1v) is 9.64. The van der Waals surface area contributed by atoms with Crippen LogP contribution in [0.3, 0.4) is 0 Å². The molecule has 26 heavy (non-hydrogen) atoms. The molecule has 2 saturated heterocycles. The predicted octanol–water partition coefficient (Wildman–Crippen LogP) is 0.833. The molecule has 4 rings (SSSR count). The van der Waals surface area contributed by atoms with Gasteiger partial charge in [0.1, 0.15) is 17.6 Å². The van der Waals surface area contributed by atoms with Gasteiger partial charge in [0.2, 0.25) is 5.91 Å². The van der Waals surface area contributed by atoms with Crippen LogP contribution in [0.2, 0.25) is 0 Å². The topological polar surface area (TPSA) is 91.6 Å². The molecule has 1 amide bonds. The summed E-state index contributed by atoms with van der Waals surface area (Å²) in [5.41, 5.74) is -0.842. The molecule has 2 atom stereocenters. The Morgan fingerprint density at radius 2 is 2.04 bits per heavy atom. The maximum atomic E-state index is 12.8. The van der Waals surface area contributed by atoms with Gasteiger partial charge in [0, 0.05) is 44.6 Å². The summed E-state index contributed by atoms with van der Waals surface area (Å²) in [5.74, 6) is 0.368. The van der Waals surface area contributed by atoms with Crippen molar-refractivity contribution in [2.45, 2.75) is 45.7 Å². The molecular weight excluding hydrogens is 334 g/mol. The molecule has 142 valence electrons. The van der Waals surface area contributed by atoms with E-state index in [0.29, 0.717) is 32.7 Å². The molecule has 3 aliphatic rings. The van der Waals surface area contributed by atoms with Gasteiger partial charge in [-0.1, -0.05) is 12.8 Å². The Morgan fingerprint density at radius 1 is 1.27 bits per heavy atom. The fraction of sp³-hybridized carbons (Fsp3) is 0.778. The number of carboxylic acid groups (broad SMARTS) is 1. The van der Waals surface area contributed by atoms with Gasteiger partial charge >= 0.3 is 5.97 Å². The fourth-order valence-corrected chi connectivity index (χ4v) is 5.06. The monoisotopic (exact) mass is 361 g/mol. The molecule has 0 radical (unpaired) electrons. The lowest BCUT2D eigenvalue weighted by Gasteiger charge is -2.26. The Morgan fingerprint density at radius 3 is 2.69 bits per heavy atom. The van der Waals surface area contributed by atoms with E-state index in [1.165, 1.54) is 0 Å². The van der Waals surface area contributed by atoms with Crippen molar-refractivity contribution in [1.29, 1.82) is 0 Å². The molecule has 3 fully saturated rings. The molecule has 1 N–H and O–H groups in total. The molecule has 8 heteroatoms. The number of hydrogen-bond acceptors (Lipinski definition) is 5. The van der Waals surface area contributed by atoms with Crippen molar-refractivity contribution in [2.75, 3.05) is 26.2 Å². The van der Waals surface area contributed by atoms with Crippen LogP contribution in [0.4, 0.5) is 0 Å². The average molecular weight is 361 g/mol. The highest BCUT2D eigenvalue weighted by Crippen LogP contribution is 2.44. The smallest absolute Gasteiger partial charge is 0.313 e. The molecule has 0 unspecified atom stereocenters. The van der Waals surface area contributed by atoms with Crippen molar-refractivity contribution >= 4 is 11.9 Å². The molecule has 0 bridgehead atoms. The summed E-state index contributed by atoms with van der Waals surface area (Å²) < 4.78 is 1.98. The van der Waals surface area contributed by atoms with Crippen molar-refractivity contribution in [3.05, 3.63) is 12.2 Å². The Labute approximate surface area is 153 Å². The second-order valence-electron chi connectivity index (χ2n) is 8.06. The molecule has 3 heterocycles. The van der Waals surface area contributed by atoms with Crippen LogP contribution in [-0.4, -0.2) is 67.7 Å². The first-order chi connectivity index (χ1) is 12.5. The van der Waals surface area contributed by atoms with Crippen LogP contribution < -0.4 is 0 Å². The zero-order chi connectivity index (χ0) is 18.3. The zero-order valence-corrected chi connectivity index (χ0v) is 15.3. The third kappa shape index (κ3) is 2.80. The van der Waals surface area contributed by atoms with E-state index in [1.807, 2.05) is 16.4 Å². The van der Waals surface area contributed by atoms with Gasteiger partial charge in [-0.25, -0.2) is 0 Å². The van der Waals surface area contributed by atoms with Gasteiger partial charge < -0.3 is 14.6 Å².